The third-order valence-electron chi connectivity index (χ3n) is 3.45. The summed E-state index contributed by atoms with van der Waals surface area (Å²) < 4.78 is 5.30. The van der Waals surface area contributed by atoms with Crippen molar-refractivity contribution in [3.8, 4) is 5.75 Å². The van der Waals surface area contributed by atoms with Crippen LogP contribution < -0.4 is 10.1 Å². The van der Waals surface area contributed by atoms with Crippen LogP contribution in [0.2, 0.25) is 0 Å². The van der Waals surface area contributed by atoms with Crippen LogP contribution in [0.5, 0.6) is 5.75 Å². The Kier molecular flexibility index (Phi) is 4.92. The van der Waals surface area contributed by atoms with Crippen LogP contribution in [0.15, 0.2) is 24.5 Å². The number of carbonyl (C=O) groups excluding carboxylic acids is 1. The highest BCUT2D eigenvalue weighted by atomic mass is 16.5. The van der Waals surface area contributed by atoms with Crippen molar-refractivity contribution in [1.82, 2.24) is 10.3 Å². The summed E-state index contributed by atoms with van der Waals surface area (Å²) in [6, 6.07) is 3.52. The summed E-state index contributed by atoms with van der Waals surface area (Å²) in [6.45, 7) is -0.0510. The largest absolute Gasteiger partial charge is 0.482 e. The Hall–Kier alpha value is -2.11. The van der Waals surface area contributed by atoms with Crippen LogP contribution in [-0.4, -0.2) is 34.6 Å². The molecular weight excluding hydrogens is 260 g/mol. The first kappa shape index (κ1) is 14.3. The summed E-state index contributed by atoms with van der Waals surface area (Å²) in [6.07, 6.45) is 5.82. The van der Waals surface area contributed by atoms with Gasteiger partial charge in [-0.05, 0) is 37.8 Å². The van der Waals surface area contributed by atoms with Gasteiger partial charge in [-0.25, -0.2) is 0 Å². The summed E-state index contributed by atoms with van der Waals surface area (Å²) >= 11 is 0. The molecule has 0 aliphatic heterocycles. The lowest BCUT2D eigenvalue weighted by Crippen LogP contribution is -2.40. The number of nitrogens with zero attached hydrogens (tertiary/aromatic N) is 1. The maximum Gasteiger partial charge on any atom is 0.306 e. The number of hydrogen-bond donors (Lipinski definition) is 2. The Balaban J connectivity index is 1.69. The molecule has 1 aliphatic rings. The van der Waals surface area contributed by atoms with Gasteiger partial charge in [0.1, 0.15) is 5.75 Å². The monoisotopic (exact) mass is 278 g/mol. The first-order valence-corrected chi connectivity index (χ1v) is 6.70. The lowest BCUT2D eigenvalue weighted by atomic mass is 9.86. The third-order valence-corrected chi connectivity index (χ3v) is 3.45. The van der Waals surface area contributed by atoms with Crippen LogP contribution in [0.25, 0.3) is 0 Å². The Labute approximate surface area is 117 Å². The molecule has 108 valence electrons. The normalized spacial score (nSPS) is 22.0. The number of carboxylic acid groups (broad SMARTS) is 1. The number of hydrogen-bond acceptors (Lipinski definition) is 4. The summed E-state index contributed by atoms with van der Waals surface area (Å²) in [7, 11) is 0. The Morgan fingerprint density at radius 2 is 2.10 bits per heavy atom. The molecule has 0 atom stereocenters. The maximum atomic E-state index is 11.7. The summed E-state index contributed by atoms with van der Waals surface area (Å²) in [4.78, 5) is 26.4. The molecule has 0 unspecified atom stereocenters. The van der Waals surface area contributed by atoms with Gasteiger partial charge in [0.15, 0.2) is 6.61 Å². The number of amides is 1. The SMILES string of the molecule is O=C(COc1cccnc1)NC1CCC(C(=O)O)CC1. The topological polar surface area (TPSA) is 88.5 Å². The smallest absolute Gasteiger partial charge is 0.306 e. The van der Waals surface area contributed by atoms with Gasteiger partial charge in [0, 0.05) is 12.2 Å². The number of aromatic nitrogens is 1. The van der Waals surface area contributed by atoms with E-state index in [1.807, 2.05) is 0 Å². The van der Waals surface area contributed by atoms with E-state index >= 15 is 0 Å². The highest BCUT2D eigenvalue weighted by Gasteiger charge is 2.26. The van der Waals surface area contributed by atoms with Gasteiger partial charge in [0.2, 0.25) is 0 Å². The second kappa shape index (κ2) is 6.88. The van der Waals surface area contributed by atoms with Gasteiger partial charge in [0.25, 0.3) is 5.91 Å². The average molecular weight is 278 g/mol. The van der Waals surface area contributed by atoms with E-state index in [-0.39, 0.29) is 24.5 Å². The minimum atomic E-state index is -0.741. The number of nitrogens with one attached hydrogen (secondary N) is 1. The summed E-state index contributed by atoms with van der Waals surface area (Å²) in [5.74, 6) is -0.644. The van der Waals surface area contributed by atoms with Gasteiger partial charge in [-0.2, -0.15) is 0 Å². The zero-order valence-electron chi connectivity index (χ0n) is 11.1. The van der Waals surface area contributed by atoms with Crippen LogP contribution >= 0.6 is 0 Å². The molecule has 1 aromatic heterocycles. The third kappa shape index (κ3) is 4.22. The van der Waals surface area contributed by atoms with Crippen LogP contribution in [0.1, 0.15) is 25.7 Å². The quantitative estimate of drug-likeness (QED) is 0.845. The molecule has 1 aliphatic carbocycles. The molecule has 2 N–H and O–H groups in total. The summed E-state index contributed by atoms with van der Waals surface area (Å²) in [5.41, 5.74) is 0. The van der Waals surface area contributed by atoms with Crippen LogP contribution in [0.3, 0.4) is 0 Å². The van der Waals surface area contributed by atoms with E-state index in [1.54, 1.807) is 24.5 Å². The van der Waals surface area contributed by atoms with Crippen molar-refractivity contribution in [3.63, 3.8) is 0 Å². The van der Waals surface area contributed by atoms with E-state index in [9.17, 15) is 9.59 Å². The van der Waals surface area contributed by atoms with Crippen molar-refractivity contribution in [2.24, 2.45) is 5.92 Å². The molecule has 6 nitrogen and oxygen atoms in total. The van der Waals surface area contributed by atoms with Gasteiger partial charge in [0.05, 0.1) is 12.1 Å². The van der Waals surface area contributed by atoms with Gasteiger partial charge < -0.3 is 15.2 Å². The van der Waals surface area contributed by atoms with Crippen molar-refractivity contribution in [2.75, 3.05) is 6.61 Å². The highest BCUT2D eigenvalue weighted by Crippen LogP contribution is 2.24. The van der Waals surface area contributed by atoms with Crippen LogP contribution in [-0.2, 0) is 9.59 Å². The maximum absolute atomic E-state index is 11.7. The van der Waals surface area contributed by atoms with Gasteiger partial charge in [-0.1, -0.05) is 0 Å². The fraction of sp³-hybridized carbons (Fsp3) is 0.500. The zero-order valence-corrected chi connectivity index (χ0v) is 11.1. The highest BCUT2D eigenvalue weighted by molar-refractivity contribution is 5.78. The molecule has 2 rings (SSSR count). The molecule has 20 heavy (non-hydrogen) atoms. The van der Waals surface area contributed by atoms with Crippen molar-refractivity contribution >= 4 is 11.9 Å². The fourth-order valence-corrected chi connectivity index (χ4v) is 2.34. The lowest BCUT2D eigenvalue weighted by Gasteiger charge is -2.26. The van der Waals surface area contributed by atoms with Gasteiger partial charge >= 0.3 is 5.97 Å². The molecule has 0 saturated heterocycles. The fourth-order valence-electron chi connectivity index (χ4n) is 2.34. The minimum absolute atomic E-state index is 0.0510. The first-order chi connectivity index (χ1) is 9.65. The molecule has 0 spiro atoms. The standard InChI is InChI=1S/C14H18N2O4/c17-13(9-20-12-2-1-7-15-8-12)16-11-5-3-10(4-6-11)14(18)19/h1-2,7-8,10-11H,3-6,9H2,(H,16,17)(H,18,19). The predicted molar refractivity (Wildman–Crippen MR) is 71.3 cm³/mol. The molecule has 0 bridgehead atoms. The van der Waals surface area contributed by atoms with Crippen molar-refractivity contribution < 1.29 is 19.4 Å². The number of pyridine rings is 1. The van der Waals surface area contributed by atoms with E-state index in [0.717, 1.165) is 0 Å². The molecule has 1 aromatic rings. The minimum Gasteiger partial charge on any atom is -0.482 e. The molecule has 1 amide bonds. The van der Waals surface area contributed by atoms with Crippen molar-refractivity contribution in [1.29, 1.82) is 0 Å². The number of carboxylic acids is 1. The van der Waals surface area contributed by atoms with E-state index in [4.69, 9.17) is 9.84 Å². The number of carbonyl (C=O) groups is 2. The molecule has 0 radical (unpaired) electrons. The molecule has 6 heteroatoms. The van der Waals surface area contributed by atoms with Gasteiger partial charge in [-0.3, -0.25) is 14.6 Å². The lowest BCUT2D eigenvalue weighted by molar-refractivity contribution is -0.142. The molecule has 1 heterocycles. The first-order valence-electron chi connectivity index (χ1n) is 6.70. The van der Waals surface area contributed by atoms with E-state index in [1.165, 1.54) is 0 Å². The van der Waals surface area contributed by atoms with Gasteiger partial charge in [-0.15, -0.1) is 0 Å². The number of rotatable bonds is 5. The predicted octanol–water partition coefficient (Wildman–Crippen LogP) is 1.22. The molecule has 0 aromatic carbocycles. The Morgan fingerprint density at radius 1 is 1.35 bits per heavy atom. The molecular formula is C14H18N2O4. The van der Waals surface area contributed by atoms with Crippen molar-refractivity contribution in [3.05, 3.63) is 24.5 Å². The second-order valence-corrected chi connectivity index (χ2v) is 4.93. The van der Waals surface area contributed by atoms with E-state index in [2.05, 4.69) is 10.3 Å². The van der Waals surface area contributed by atoms with E-state index < -0.39 is 5.97 Å². The van der Waals surface area contributed by atoms with Crippen LogP contribution in [0.4, 0.5) is 0 Å². The second-order valence-electron chi connectivity index (χ2n) is 4.93. The van der Waals surface area contributed by atoms with Crippen molar-refractivity contribution in [2.45, 2.75) is 31.7 Å². The average Bonchev–Trinajstić information content (AvgIpc) is 2.47. The molecule has 1 saturated carbocycles. The van der Waals surface area contributed by atoms with Crippen LogP contribution in [0, 0.1) is 5.92 Å². The van der Waals surface area contributed by atoms with E-state index in [0.29, 0.717) is 31.4 Å². The molecule has 1 fully saturated rings. The Morgan fingerprint density at radius 3 is 2.70 bits per heavy atom. The zero-order chi connectivity index (χ0) is 14.4. The Bertz CT molecular complexity index is 456. The number of ether oxygens (including phenoxy) is 1. The number of aliphatic carboxylic acids is 1. The summed E-state index contributed by atoms with van der Waals surface area (Å²) in [5, 5.41) is 11.8.